The van der Waals surface area contributed by atoms with Crippen molar-refractivity contribution in [2.45, 2.75) is 13.8 Å². The standard InChI is InChI=1S/C20H22ClN3O2.ClH/c1-3-24(4-2)13-14-26-19-10-8-17(15-18(19)21)23-20(25)11-9-16-7-5-6-12-22-16;/h5-8,10,12,15H,3-4,13-14H2,1-2H3,(H,23,25);1H. The molecule has 1 aromatic carbocycles. The summed E-state index contributed by atoms with van der Waals surface area (Å²) in [6.07, 6.45) is 1.63. The van der Waals surface area contributed by atoms with E-state index in [0.29, 0.717) is 28.8 Å². The highest BCUT2D eigenvalue weighted by Gasteiger charge is 2.06. The summed E-state index contributed by atoms with van der Waals surface area (Å²) in [4.78, 5) is 18.2. The average Bonchev–Trinajstić information content (AvgIpc) is 2.66. The second-order valence-electron chi connectivity index (χ2n) is 5.44. The number of nitrogens with one attached hydrogen (secondary N) is 1. The van der Waals surface area contributed by atoms with Crippen molar-refractivity contribution in [2.24, 2.45) is 0 Å². The number of halogens is 2. The SMILES string of the molecule is CCN(CC)CCOc1ccc(NC(=O)C#Cc2ccccn2)cc1Cl.Cl. The number of hydrogen-bond acceptors (Lipinski definition) is 4. The van der Waals surface area contributed by atoms with Gasteiger partial charge in [0.2, 0.25) is 0 Å². The number of rotatable bonds is 7. The van der Waals surface area contributed by atoms with E-state index in [9.17, 15) is 4.79 Å². The predicted octanol–water partition coefficient (Wildman–Crippen LogP) is 3.87. The van der Waals surface area contributed by atoms with Gasteiger partial charge in [-0.25, -0.2) is 4.98 Å². The van der Waals surface area contributed by atoms with Crippen LogP contribution >= 0.6 is 24.0 Å². The van der Waals surface area contributed by atoms with Crippen molar-refractivity contribution in [2.75, 3.05) is 31.6 Å². The van der Waals surface area contributed by atoms with E-state index in [2.05, 4.69) is 40.9 Å². The molecular weight excluding hydrogens is 385 g/mol. The van der Waals surface area contributed by atoms with Gasteiger partial charge in [0, 0.05) is 24.3 Å². The molecule has 7 heteroatoms. The molecule has 1 amide bonds. The highest BCUT2D eigenvalue weighted by atomic mass is 35.5. The lowest BCUT2D eigenvalue weighted by Crippen LogP contribution is -2.27. The van der Waals surface area contributed by atoms with Crippen molar-refractivity contribution in [1.82, 2.24) is 9.88 Å². The quantitative estimate of drug-likeness (QED) is 0.707. The van der Waals surface area contributed by atoms with Crippen molar-refractivity contribution in [3.05, 3.63) is 53.3 Å². The molecule has 0 aliphatic rings. The smallest absolute Gasteiger partial charge is 0.300 e. The summed E-state index contributed by atoms with van der Waals surface area (Å²) in [5.41, 5.74) is 1.10. The molecule has 5 nitrogen and oxygen atoms in total. The highest BCUT2D eigenvalue weighted by Crippen LogP contribution is 2.27. The monoisotopic (exact) mass is 407 g/mol. The Hall–Kier alpha value is -2.26. The topological polar surface area (TPSA) is 54.5 Å². The number of carbonyl (C=O) groups excluding carboxylic acids is 1. The highest BCUT2D eigenvalue weighted by molar-refractivity contribution is 6.32. The van der Waals surface area contributed by atoms with Crippen molar-refractivity contribution in [1.29, 1.82) is 0 Å². The molecule has 2 rings (SSSR count). The number of anilines is 1. The lowest BCUT2D eigenvalue weighted by molar-refractivity contribution is -0.111. The van der Waals surface area contributed by atoms with Gasteiger partial charge >= 0.3 is 5.91 Å². The van der Waals surface area contributed by atoms with Gasteiger partial charge in [0.15, 0.2) is 0 Å². The van der Waals surface area contributed by atoms with E-state index in [4.69, 9.17) is 16.3 Å². The number of likely N-dealkylation sites (N-methyl/N-ethyl adjacent to an activating group) is 1. The van der Waals surface area contributed by atoms with Crippen LogP contribution in [0, 0.1) is 11.8 Å². The van der Waals surface area contributed by atoms with Gasteiger partial charge in [-0.2, -0.15) is 0 Å². The molecule has 0 unspecified atom stereocenters. The van der Waals surface area contributed by atoms with Gasteiger partial charge in [0.25, 0.3) is 0 Å². The summed E-state index contributed by atoms with van der Waals surface area (Å²) >= 11 is 6.23. The second-order valence-corrected chi connectivity index (χ2v) is 5.85. The maximum Gasteiger partial charge on any atom is 0.300 e. The third kappa shape index (κ3) is 7.88. The minimum atomic E-state index is -0.429. The van der Waals surface area contributed by atoms with Crippen LogP contribution in [0.5, 0.6) is 5.75 Å². The summed E-state index contributed by atoms with van der Waals surface area (Å²) in [6.45, 7) is 7.60. The zero-order chi connectivity index (χ0) is 18.8. The Morgan fingerprint density at radius 1 is 1.26 bits per heavy atom. The van der Waals surface area contributed by atoms with Gasteiger partial charge in [-0.3, -0.25) is 4.79 Å². The first-order chi connectivity index (χ1) is 12.6. The third-order valence-corrected chi connectivity index (χ3v) is 4.01. The van der Waals surface area contributed by atoms with Crippen molar-refractivity contribution in [3.63, 3.8) is 0 Å². The van der Waals surface area contributed by atoms with Gasteiger partial charge < -0.3 is 15.0 Å². The number of carbonyl (C=O) groups is 1. The summed E-state index contributed by atoms with van der Waals surface area (Å²) in [7, 11) is 0. The molecule has 144 valence electrons. The summed E-state index contributed by atoms with van der Waals surface area (Å²) in [5.74, 6) is 5.37. The number of pyridine rings is 1. The van der Waals surface area contributed by atoms with Crippen LogP contribution in [0.4, 0.5) is 5.69 Å². The third-order valence-electron chi connectivity index (χ3n) is 3.72. The minimum Gasteiger partial charge on any atom is -0.491 e. The number of nitrogens with zero attached hydrogens (tertiary/aromatic N) is 2. The van der Waals surface area contributed by atoms with Gasteiger partial charge in [0.05, 0.1) is 5.02 Å². The fourth-order valence-corrected chi connectivity index (χ4v) is 2.48. The van der Waals surface area contributed by atoms with E-state index >= 15 is 0 Å². The van der Waals surface area contributed by atoms with E-state index in [1.165, 1.54) is 0 Å². The largest absolute Gasteiger partial charge is 0.491 e. The minimum absolute atomic E-state index is 0. The van der Waals surface area contributed by atoms with Gasteiger partial charge in [-0.05, 0) is 49.3 Å². The van der Waals surface area contributed by atoms with Crippen LogP contribution < -0.4 is 10.1 Å². The lowest BCUT2D eigenvalue weighted by Gasteiger charge is -2.18. The van der Waals surface area contributed by atoms with Crippen molar-refractivity contribution >= 4 is 35.6 Å². The zero-order valence-corrected chi connectivity index (χ0v) is 16.9. The molecule has 2 aromatic rings. The van der Waals surface area contributed by atoms with E-state index in [-0.39, 0.29) is 12.4 Å². The first kappa shape index (κ1) is 22.8. The second kappa shape index (κ2) is 12.2. The first-order valence-corrected chi connectivity index (χ1v) is 8.89. The number of aromatic nitrogens is 1. The van der Waals surface area contributed by atoms with E-state index in [1.807, 2.05) is 6.07 Å². The Morgan fingerprint density at radius 2 is 2.04 bits per heavy atom. The molecule has 0 saturated heterocycles. The maximum atomic E-state index is 11.9. The molecule has 1 heterocycles. The summed E-state index contributed by atoms with van der Waals surface area (Å²) < 4.78 is 5.71. The Labute approximate surface area is 171 Å². The zero-order valence-electron chi connectivity index (χ0n) is 15.4. The van der Waals surface area contributed by atoms with Crippen LogP contribution in [0.1, 0.15) is 19.5 Å². The van der Waals surface area contributed by atoms with E-state index in [1.54, 1.807) is 36.5 Å². The normalized spacial score (nSPS) is 9.78. The van der Waals surface area contributed by atoms with Crippen LogP contribution in [-0.2, 0) is 4.79 Å². The van der Waals surface area contributed by atoms with Crippen LogP contribution in [-0.4, -0.2) is 42.0 Å². The maximum absolute atomic E-state index is 11.9. The Morgan fingerprint density at radius 3 is 2.67 bits per heavy atom. The molecule has 0 spiro atoms. The van der Waals surface area contributed by atoms with Gasteiger partial charge in [0.1, 0.15) is 18.1 Å². The van der Waals surface area contributed by atoms with Crippen molar-refractivity contribution < 1.29 is 9.53 Å². The van der Waals surface area contributed by atoms with Crippen molar-refractivity contribution in [3.8, 4) is 17.6 Å². The molecule has 1 N–H and O–H groups in total. The number of hydrogen-bond donors (Lipinski definition) is 1. The molecule has 27 heavy (non-hydrogen) atoms. The Kier molecular flexibility index (Phi) is 10.3. The molecule has 0 bridgehead atoms. The molecule has 0 radical (unpaired) electrons. The predicted molar refractivity (Wildman–Crippen MR) is 112 cm³/mol. The van der Waals surface area contributed by atoms with Crippen LogP contribution in [0.2, 0.25) is 5.02 Å². The average molecular weight is 408 g/mol. The van der Waals surface area contributed by atoms with E-state index in [0.717, 1.165) is 19.6 Å². The molecule has 0 aliphatic heterocycles. The molecule has 0 atom stereocenters. The first-order valence-electron chi connectivity index (χ1n) is 8.51. The lowest BCUT2D eigenvalue weighted by atomic mass is 10.3. The Bertz CT molecular complexity index is 785. The van der Waals surface area contributed by atoms with E-state index < -0.39 is 5.91 Å². The van der Waals surface area contributed by atoms with Gasteiger partial charge in [-0.1, -0.05) is 31.5 Å². The summed E-state index contributed by atoms with van der Waals surface area (Å²) in [6, 6.07) is 10.5. The Balaban J connectivity index is 0.00000364. The van der Waals surface area contributed by atoms with Crippen LogP contribution in [0.15, 0.2) is 42.6 Å². The molecule has 0 aliphatic carbocycles. The fraction of sp³-hybridized carbons (Fsp3) is 0.300. The molecule has 0 fully saturated rings. The molecular formula is C20H23Cl2N3O2. The number of amides is 1. The van der Waals surface area contributed by atoms with Crippen LogP contribution in [0.25, 0.3) is 0 Å². The summed E-state index contributed by atoms with van der Waals surface area (Å²) in [5, 5.41) is 3.13. The fourth-order valence-electron chi connectivity index (χ4n) is 2.24. The molecule has 1 aromatic heterocycles. The molecule has 0 saturated carbocycles. The number of benzene rings is 1. The van der Waals surface area contributed by atoms with Gasteiger partial charge in [-0.15, -0.1) is 12.4 Å². The number of ether oxygens (including phenoxy) is 1. The van der Waals surface area contributed by atoms with Crippen LogP contribution in [0.3, 0.4) is 0 Å².